The molecule has 0 radical (unpaired) electrons. The molecule has 10 nitrogen and oxygen atoms in total. The lowest BCUT2D eigenvalue weighted by Crippen LogP contribution is -2.59. The summed E-state index contributed by atoms with van der Waals surface area (Å²) in [4.78, 5) is 66.9. The minimum Gasteiger partial charge on any atom is -0.465 e. The van der Waals surface area contributed by atoms with Gasteiger partial charge in [-0.2, -0.15) is 0 Å². The van der Waals surface area contributed by atoms with Crippen LogP contribution in [-0.2, 0) is 19.2 Å². The quantitative estimate of drug-likeness (QED) is 0.270. The molecule has 5 fully saturated rings. The lowest BCUT2D eigenvalue weighted by molar-refractivity contribution is -0.145. The summed E-state index contributed by atoms with van der Waals surface area (Å²) < 4.78 is 27.6. The number of hydrogen-bond acceptors (Lipinski definition) is 5. The van der Waals surface area contributed by atoms with Gasteiger partial charge in [-0.15, -0.1) is 0 Å². The fourth-order valence-electron chi connectivity index (χ4n) is 8.13. The number of halogens is 2. The van der Waals surface area contributed by atoms with E-state index < -0.39 is 66.5 Å². The third-order valence-electron chi connectivity index (χ3n) is 10.4. The second kappa shape index (κ2) is 12.1. The van der Waals surface area contributed by atoms with Crippen LogP contribution in [0.5, 0.6) is 0 Å². The molecule has 2 unspecified atom stereocenters. The number of hydrogen-bond donors (Lipinski definition) is 4. The summed E-state index contributed by atoms with van der Waals surface area (Å²) in [7, 11) is 0. The molecule has 5 atom stereocenters. The second-order valence-electron chi connectivity index (χ2n) is 13.5. The van der Waals surface area contributed by atoms with Crippen LogP contribution in [-0.4, -0.2) is 76.2 Å². The highest BCUT2D eigenvalue weighted by Crippen LogP contribution is 2.71. The van der Waals surface area contributed by atoms with Gasteiger partial charge < -0.3 is 26.0 Å². The molecule has 4 amide bonds. The molecule has 5 rings (SSSR count). The van der Waals surface area contributed by atoms with Gasteiger partial charge in [-0.25, -0.2) is 13.6 Å². The van der Waals surface area contributed by atoms with Gasteiger partial charge in [0.15, 0.2) is 0 Å². The van der Waals surface area contributed by atoms with E-state index in [2.05, 4.69) is 16.0 Å². The zero-order chi connectivity index (χ0) is 30.2. The molecule has 1 aliphatic heterocycles. The van der Waals surface area contributed by atoms with E-state index in [1.165, 1.54) is 4.90 Å². The van der Waals surface area contributed by atoms with Gasteiger partial charge in [0.1, 0.15) is 12.1 Å². The van der Waals surface area contributed by atoms with E-state index in [0.29, 0.717) is 19.4 Å². The number of carboxylic acid groups (broad SMARTS) is 1. The summed E-state index contributed by atoms with van der Waals surface area (Å²) in [5.74, 6) is -6.30. The smallest absolute Gasteiger partial charge is 0.405 e. The predicted molar refractivity (Wildman–Crippen MR) is 147 cm³/mol. The zero-order valence-corrected chi connectivity index (χ0v) is 24.3. The van der Waals surface area contributed by atoms with Crippen molar-refractivity contribution in [3.05, 3.63) is 0 Å². The molecule has 0 bridgehead atoms. The van der Waals surface area contributed by atoms with Gasteiger partial charge in [-0.3, -0.25) is 19.2 Å². The molecule has 4 N–H and O–H groups in total. The van der Waals surface area contributed by atoms with Gasteiger partial charge >= 0.3 is 6.09 Å². The van der Waals surface area contributed by atoms with Crippen molar-refractivity contribution in [1.29, 1.82) is 0 Å². The number of fused-ring (bicyclic) bond motifs is 3. The van der Waals surface area contributed by atoms with Crippen molar-refractivity contribution >= 4 is 29.6 Å². The number of Topliss-reactive ketones (excluding diaryl/α,β-unsaturated/α-hetero) is 1. The van der Waals surface area contributed by atoms with Gasteiger partial charge in [0, 0.05) is 19.0 Å². The largest absolute Gasteiger partial charge is 0.465 e. The summed E-state index contributed by atoms with van der Waals surface area (Å²) in [6, 6.07) is -3.51. The van der Waals surface area contributed by atoms with Gasteiger partial charge in [-0.1, -0.05) is 38.5 Å². The Hall–Kier alpha value is -2.79. The molecule has 5 aliphatic rings. The number of alkyl halides is 2. The first-order chi connectivity index (χ1) is 19.9. The Labute approximate surface area is 245 Å². The van der Waals surface area contributed by atoms with Gasteiger partial charge in [0.25, 0.3) is 5.91 Å². The van der Waals surface area contributed by atoms with Crippen molar-refractivity contribution in [2.75, 3.05) is 6.54 Å². The molecule has 4 saturated carbocycles. The van der Waals surface area contributed by atoms with E-state index in [1.54, 1.807) is 0 Å². The summed E-state index contributed by atoms with van der Waals surface area (Å²) in [5.41, 5.74) is -0.0864. The van der Waals surface area contributed by atoms with Crippen LogP contribution in [0.3, 0.4) is 0 Å². The second-order valence-corrected chi connectivity index (χ2v) is 13.5. The lowest BCUT2D eigenvalue weighted by atomic mass is 9.80. The third-order valence-corrected chi connectivity index (χ3v) is 10.4. The number of piperidine rings is 1. The average molecular weight is 595 g/mol. The Morgan fingerprint density at radius 2 is 1.60 bits per heavy atom. The molecular formula is C30H44F2N4O6. The molecule has 42 heavy (non-hydrogen) atoms. The van der Waals surface area contributed by atoms with E-state index in [4.69, 9.17) is 0 Å². The van der Waals surface area contributed by atoms with E-state index in [-0.39, 0.29) is 29.2 Å². The molecule has 1 heterocycles. The normalized spacial score (nSPS) is 28.4. The average Bonchev–Trinajstić information content (AvgIpc) is 3.82. The first-order valence-electron chi connectivity index (χ1n) is 15.7. The highest BCUT2D eigenvalue weighted by molar-refractivity contribution is 6.38. The standard InChI is InChI=1S/C30H44F2N4O6/c1-29(31,32)15-12-20(24(37)26(39)33-18-10-11-18)34-25(38)23-21-19(30(21)13-6-3-7-14-30)16-36(23)27(40)22(35-28(41)42)17-8-4-2-5-9-17/h17-23,35H,2-16H2,1H3,(H,33,39)(H,34,38)(H,41,42)/t19-,20?,21-,22?,23-/m0/s1. The van der Waals surface area contributed by atoms with E-state index in [1.807, 2.05) is 0 Å². The van der Waals surface area contributed by atoms with Crippen LogP contribution in [0.1, 0.15) is 96.8 Å². The fourth-order valence-corrected chi connectivity index (χ4v) is 8.13. The zero-order valence-electron chi connectivity index (χ0n) is 24.3. The van der Waals surface area contributed by atoms with Gasteiger partial charge in [0.05, 0.1) is 6.04 Å². The van der Waals surface area contributed by atoms with Crippen molar-refractivity contribution in [3.63, 3.8) is 0 Å². The van der Waals surface area contributed by atoms with Crippen molar-refractivity contribution < 1.29 is 37.9 Å². The highest BCUT2D eigenvalue weighted by atomic mass is 19.3. The molecule has 4 aliphatic carbocycles. The van der Waals surface area contributed by atoms with Crippen molar-refractivity contribution in [1.82, 2.24) is 20.9 Å². The minimum atomic E-state index is -3.10. The number of ketones is 1. The SMILES string of the molecule is CC(F)(F)CCC(NC(=O)[C@@H]1[C@@H]2[C@H](CN1C(=O)C(NC(=O)O)C1CCCCC1)C21CCCCC1)C(=O)C(=O)NC1CC1. The molecular weight excluding hydrogens is 550 g/mol. The first-order valence-corrected chi connectivity index (χ1v) is 15.7. The van der Waals surface area contributed by atoms with Gasteiger partial charge in [0.2, 0.25) is 23.5 Å². The van der Waals surface area contributed by atoms with Crippen molar-refractivity contribution in [2.45, 2.75) is 127 Å². The molecule has 1 saturated heterocycles. The molecule has 0 aromatic heterocycles. The molecule has 0 aromatic carbocycles. The number of nitrogens with one attached hydrogen (secondary N) is 3. The van der Waals surface area contributed by atoms with Crippen molar-refractivity contribution in [3.8, 4) is 0 Å². The van der Waals surface area contributed by atoms with Crippen LogP contribution in [0.2, 0.25) is 0 Å². The van der Waals surface area contributed by atoms with Crippen LogP contribution >= 0.6 is 0 Å². The van der Waals surface area contributed by atoms with Crippen LogP contribution < -0.4 is 16.0 Å². The minimum absolute atomic E-state index is 0.0848. The number of nitrogens with zero attached hydrogens (tertiary/aromatic N) is 1. The topological polar surface area (TPSA) is 145 Å². The van der Waals surface area contributed by atoms with Crippen LogP contribution in [0.25, 0.3) is 0 Å². The third kappa shape index (κ3) is 6.56. The Morgan fingerprint density at radius 3 is 2.19 bits per heavy atom. The first kappa shape index (κ1) is 30.7. The maximum Gasteiger partial charge on any atom is 0.405 e. The van der Waals surface area contributed by atoms with E-state index in [0.717, 1.165) is 71.1 Å². The van der Waals surface area contributed by atoms with Crippen LogP contribution in [0.15, 0.2) is 0 Å². The van der Waals surface area contributed by atoms with Crippen molar-refractivity contribution in [2.24, 2.45) is 23.2 Å². The summed E-state index contributed by atoms with van der Waals surface area (Å²) in [6.07, 6.45) is 8.27. The van der Waals surface area contributed by atoms with Crippen LogP contribution in [0, 0.1) is 23.2 Å². The fraction of sp³-hybridized carbons (Fsp3) is 0.833. The summed E-state index contributed by atoms with van der Waals surface area (Å²) in [6.45, 7) is 1.04. The Balaban J connectivity index is 1.38. The molecule has 234 valence electrons. The monoisotopic (exact) mass is 594 g/mol. The molecule has 1 spiro atoms. The number of carbonyl (C=O) groups excluding carboxylic acids is 4. The Morgan fingerprint density at radius 1 is 0.952 bits per heavy atom. The maximum atomic E-state index is 14.0. The lowest BCUT2D eigenvalue weighted by Gasteiger charge is -2.38. The predicted octanol–water partition coefficient (Wildman–Crippen LogP) is 3.38. The highest BCUT2D eigenvalue weighted by Gasteiger charge is 2.73. The van der Waals surface area contributed by atoms with E-state index in [9.17, 15) is 37.9 Å². The number of rotatable bonds is 11. The maximum absolute atomic E-state index is 14.0. The number of likely N-dealkylation sites (tertiary alicyclic amines) is 1. The Kier molecular flexibility index (Phi) is 8.81. The summed E-state index contributed by atoms with van der Waals surface area (Å²) in [5, 5.41) is 17.2. The number of carbonyl (C=O) groups is 5. The molecule has 12 heteroatoms. The molecule has 0 aromatic rings. The Bertz CT molecular complexity index is 1080. The number of amides is 4. The van der Waals surface area contributed by atoms with Gasteiger partial charge in [-0.05, 0) is 75.0 Å². The summed E-state index contributed by atoms with van der Waals surface area (Å²) >= 11 is 0. The van der Waals surface area contributed by atoms with Crippen LogP contribution in [0.4, 0.5) is 13.6 Å². The van der Waals surface area contributed by atoms with E-state index >= 15 is 0 Å².